The molecule has 0 aliphatic carbocycles. The van der Waals surface area contributed by atoms with Gasteiger partial charge >= 0.3 is 0 Å². The number of halogens is 2. The van der Waals surface area contributed by atoms with Crippen LogP contribution in [0.15, 0.2) is 18.2 Å². The lowest BCUT2D eigenvalue weighted by molar-refractivity contribution is 0.102. The number of hydrogen-bond donors (Lipinski definition) is 2. The van der Waals surface area contributed by atoms with Crippen molar-refractivity contribution in [1.29, 1.82) is 0 Å². The Hall–Kier alpha value is -2.77. The third-order valence-electron chi connectivity index (χ3n) is 3.36. The van der Waals surface area contributed by atoms with Crippen molar-refractivity contribution in [3.05, 3.63) is 41.1 Å². The van der Waals surface area contributed by atoms with Gasteiger partial charge in [-0.15, -0.1) is 0 Å². The van der Waals surface area contributed by atoms with Gasteiger partial charge in [0.2, 0.25) is 0 Å². The molecule has 0 saturated carbocycles. The van der Waals surface area contributed by atoms with Crippen molar-refractivity contribution < 1.29 is 13.6 Å². The Morgan fingerprint density at radius 2 is 2.18 bits per heavy atom. The van der Waals surface area contributed by atoms with Gasteiger partial charge in [-0.2, -0.15) is 10.2 Å². The van der Waals surface area contributed by atoms with E-state index in [1.54, 1.807) is 11.7 Å². The predicted octanol–water partition coefficient (Wildman–Crippen LogP) is 2.39. The van der Waals surface area contributed by atoms with Gasteiger partial charge in [0.1, 0.15) is 17.5 Å². The molecular weight excluding hydrogens is 292 g/mol. The summed E-state index contributed by atoms with van der Waals surface area (Å²) in [5.41, 5.74) is 1.11. The van der Waals surface area contributed by atoms with Gasteiger partial charge in [-0.05, 0) is 18.6 Å². The van der Waals surface area contributed by atoms with Gasteiger partial charge in [0.05, 0.1) is 16.6 Å². The van der Waals surface area contributed by atoms with Crippen LogP contribution < -0.4 is 5.32 Å². The Labute approximate surface area is 124 Å². The van der Waals surface area contributed by atoms with E-state index >= 15 is 0 Å². The predicted molar refractivity (Wildman–Crippen MR) is 76.5 cm³/mol. The molecule has 0 spiro atoms. The molecule has 22 heavy (non-hydrogen) atoms. The zero-order valence-electron chi connectivity index (χ0n) is 11.9. The van der Waals surface area contributed by atoms with E-state index in [1.165, 1.54) is 0 Å². The van der Waals surface area contributed by atoms with Crippen molar-refractivity contribution in [3.63, 3.8) is 0 Å². The van der Waals surface area contributed by atoms with Crippen LogP contribution in [0.5, 0.6) is 0 Å². The Kier molecular flexibility index (Phi) is 3.36. The third-order valence-corrected chi connectivity index (χ3v) is 3.36. The number of amides is 1. The number of anilines is 1. The van der Waals surface area contributed by atoms with Crippen LogP contribution >= 0.6 is 0 Å². The van der Waals surface area contributed by atoms with Crippen LogP contribution in [-0.2, 0) is 13.5 Å². The molecule has 0 unspecified atom stereocenters. The van der Waals surface area contributed by atoms with E-state index in [4.69, 9.17) is 0 Å². The number of carbonyl (C=O) groups excluding carboxylic acids is 1. The van der Waals surface area contributed by atoms with Crippen LogP contribution in [0.1, 0.15) is 23.0 Å². The number of nitrogens with one attached hydrogen (secondary N) is 2. The summed E-state index contributed by atoms with van der Waals surface area (Å²) in [4.78, 5) is 12.1. The minimum atomic E-state index is -0.921. The van der Waals surface area contributed by atoms with Crippen LogP contribution in [0.25, 0.3) is 11.0 Å². The Balaban J connectivity index is 1.97. The topological polar surface area (TPSA) is 75.6 Å². The number of rotatable bonds is 3. The summed E-state index contributed by atoms with van der Waals surface area (Å²) in [5.74, 6) is -2.00. The van der Waals surface area contributed by atoms with Gasteiger partial charge in [0.25, 0.3) is 5.91 Å². The standard InChI is InChI=1S/C14H13F2N5O/c1-3-10-11-12(18-19-13(11)21(2)20-10)17-14(22)8-5-4-7(15)6-9(8)16/h4-6H,3H2,1-2H3,(H2,17,18,19,22). The fraction of sp³-hybridized carbons (Fsp3) is 0.214. The van der Waals surface area contributed by atoms with Crippen LogP contribution in [0.3, 0.4) is 0 Å². The summed E-state index contributed by atoms with van der Waals surface area (Å²) in [6.07, 6.45) is 0.657. The summed E-state index contributed by atoms with van der Waals surface area (Å²) in [6, 6.07) is 2.79. The molecule has 8 heteroatoms. The molecule has 114 valence electrons. The first-order valence-corrected chi connectivity index (χ1v) is 6.67. The summed E-state index contributed by atoms with van der Waals surface area (Å²) in [6.45, 7) is 1.93. The molecular formula is C14H13F2N5O. The molecule has 0 radical (unpaired) electrons. The maximum absolute atomic E-state index is 13.6. The van der Waals surface area contributed by atoms with Gasteiger partial charge in [-0.25, -0.2) is 13.5 Å². The van der Waals surface area contributed by atoms with Crippen LogP contribution in [0.2, 0.25) is 0 Å². The van der Waals surface area contributed by atoms with E-state index in [9.17, 15) is 13.6 Å². The van der Waals surface area contributed by atoms with Gasteiger partial charge in [-0.3, -0.25) is 9.89 Å². The Morgan fingerprint density at radius 1 is 1.41 bits per heavy atom. The quantitative estimate of drug-likeness (QED) is 0.780. The third kappa shape index (κ3) is 2.22. The number of carbonyl (C=O) groups is 1. The molecule has 1 aromatic carbocycles. The SMILES string of the molecule is CCc1nn(C)c2n[nH]c(NC(=O)c3ccc(F)cc3F)c12. The minimum absolute atomic E-state index is 0.244. The van der Waals surface area contributed by atoms with Crippen LogP contribution in [0.4, 0.5) is 14.6 Å². The van der Waals surface area contributed by atoms with E-state index in [1.807, 2.05) is 6.92 Å². The first-order chi connectivity index (χ1) is 10.5. The molecule has 2 heterocycles. The molecule has 0 fully saturated rings. The lowest BCUT2D eigenvalue weighted by Crippen LogP contribution is -2.14. The maximum atomic E-state index is 13.6. The molecule has 3 aromatic rings. The van der Waals surface area contributed by atoms with Crippen molar-refractivity contribution >= 4 is 22.8 Å². The number of H-pyrrole nitrogens is 1. The number of benzene rings is 1. The van der Waals surface area contributed by atoms with E-state index in [2.05, 4.69) is 20.6 Å². The molecule has 1 amide bonds. The lowest BCUT2D eigenvalue weighted by Gasteiger charge is -2.04. The summed E-state index contributed by atoms with van der Waals surface area (Å²) < 4.78 is 28.1. The molecule has 0 atom stereocenters. The van der Waals surface area contributed by atoms with Crippen molar-refractivity contribution in [2.24, 2.45) is 7.05 Å². The first kappa shape index (κ1) is 14.2. The summed E-state index contributed by atoms with van der Waals surface area (Å²) >= 11 is 0. The van der Waals surface area contributed by atoms with Crippen LogP contribution in [-0.4, -0.2) is 25.9 Å². The molecule has 0 aliphatic heterocycles. The van der Waals surface area contributed by atoms with Crippen molar-refractivity contribution in [3.8, 4) is 0 Å². The van der Waals surface area contributed by atoms with Gasteiger partial charge in [0.15, 0.2) is 5.65 Å². The molecule has 6 nitrogen and oxygen atoms in total. The fourth-order valence-corrected chi connectivity index (χ4v) is 2.31. The highest BCUT2D eigenvalue weighted by Gasteiger charge is 2.19. The second-order valence-electron chi connectivity index (χ2n) is 4.80. The maximum Gasteiger partial charge on any atom is 0.259 e. The normalized spacial score (nSPS) is 11.1. The molecule has 0 bridgehead atoms. The fourth-order valence-electron chi connectivity index (χ4n) is 2.31. The largest absolute Gasteiger partial charge is 0.306 e. The molecule has 2 N–H and O–H groups in total. The summed E-state index contributed by atoms with van der Waals surface area (Å²) in [7, 11) is 1.74. The number of aromatic amines is 1. The second kappa shape index (κ2) is 5.21. The van der Waals surface area contributed by atoms with E-state index in [0.717, 1.165) is 17.8 Å². The average molecular weight is 305 g/mol. The number of aryl methyl sites for hydroxylation is 2. The van der Waals surface area contributed by atoms with E-state index < -0.39 is 17.5 Å². The summed E-state index contributed by atoms with van der Waals surface area (Å²) in [5, 5.41) is 14.3. The molecule has 0 aliphatic rings. The monoisotopic (exact) mass is 305 g/mol. The number of aromatic nitrogens is 4. The van der Waals surface area contributed by atoms with Crippen molar-refractivity contribution in [1.82, 2.24) is 20.0 Å². The van der Waals surface area contributed by atoms with Gasteiger partial charge in [0, 0.05) is 13.1 Å². The van der Waals surface area contributed by atoms with Gasteiger partial charge < -0.3 is 5.32 Å². The van der Waals surface area contributed by atoms with Crippen molar-refractivity contribution in [2.45, 2.75) is 13.3 Å². The van der Waals surface area contributed by atoms with E-state index in [0.29, 0.717) is 29.3 Å². The zero-order chi connectivity index (χ0) is 15.9. The Morgan fingerprint density at radius 3 is 2.86 bits per heavy atom. The highest BCUT2D eigenvalue weighted by Crippen LogP contribution is 2.25. The number of hydrogen-bond acceptors (Lipinski definition) is 3. The minimum Gasteiger partial charge on any atom is -0.306 e. The highest BCUT2D eigenvalue weighted by molar-refractivity contribution is 6.08. The smallest absolute Gasteiger partial charge is 0.259 e. The molecule has 3 rings (SSSR count). The average Bonchev–Trinajstić information content (AvgIpc) is 3.01. The number of fused-ring (bicyclic) bond motifs is 1. The zero-order valence-corrected chi connectivity index (χ0v) is 11.9. The van der Waals surface area contributed by atoms with Crippen LogP contribution in [0, 0.1) is 11.6 Å². The van der Waals surface area contributed by atoms with Crippen molar-refractivity contribution in [2.75, 3.05) is 5.32 Å². The molecule has 0 saturated heterocycles. The second-order valence-corrected chi connectivity index (χ2v) is 4.80. The lowest BCUT2D eigenvalue weighted by atomic mass is 10.2. The van der Waals surface area contributed by atoms with E-state index in [-0.39, 0.29) is 5.56 Å². The number of nitrogens with zero attached hydrogens (tertiary/aromatic N) is 3. The van der Waals surface area contributed by atoms with Gasteiger partial charge in [-0.1, -0.05) is 6.92 Å². The molecule has 2 aromatic heterocycles. The highest BCUT2D eigenvalue weighted by atomic mass is 19.1. The Bertz CT molecular complexity index is 868. The first-order valence-electron chi connectivity index (χ1n) is 6.67.